The Morgan fingerprint density at radius 2 is 0.669 bits per heavy atom. The Morgan fingerprint density at radius 3 is 0.919 bits per heavy atom. The van der Waals surface area contributed by atoms with E-state index >= 15 is 0 Å². The number of nitrogens with one attached hydrogen (secondary N) is 8. The fourth-order valence-corrected chi connectivity index (χ4v) is 20.3. The molecular formula is C108H152N24O16. The topological polar surface area (TPSA) is 469 Å². The Morgan fingerprint density at radius 1 is 0.399 bits per heavy atom. The van der Waals surface area contributed by atoms with Crippen molar-refractivity contribution in [2.75, 3.05) is 183 Å². The number of hydrogen-bond acceptors (Lipinski definition) is 32. The summed E-state index contributed by atoms with van der Waals surface area (Å²) >= 11 is 0. The first-order chi connectivity index (χ1) is 70.3. The molecule has 8 amide bonds. The smallest absolute Gasteiger partial charge is 0.251 e. The number of fused-ring (bicyclic) bond motifs is 4. The molecule has 0 unspecified atom stereocenters. The summed E-state index contributed by atoms with van der Waals surface area (Å²) in [6, 6.07) is 21.5. The van der Waals surface area contributed by atoms with E-state index in [1.165, 1.54) is 72.7 Å². The molecule has 148 heavy (non-hydrogen) atoms. The third-order valence-electron chi connectivity index (χ3n) is 28.6. The Hall–Kier alpha value is -13.6. The molecule has 16 rings (SSSR count). The molecule has 0 bridgehead atoms. The summed E-state index contributed by atoms with van der Waals surface area (Å²) in [5.74, 6) is 5.69. The average molecular weight is 2040 g/mol. The van der Waals surface area contributed by atoms with E-state index in [1.807, 2.05) is 83.1 Å². The van der Waals surface area contributed by atoms with Gasteiger partial charge in [0.1, 0.15) is 45.7 Å². The van der Waals surface area contributed by atoms with Crippen LogP contribution in [-0.2, 0) is 23.9 Å². The van der Waals surface area contributed by atoms with E-state index in [4.69, 9.17) is 48.7 Å². The minimum Gasteiger partial charge on any atom is -0.495 e. The predicted octanol–water partition coefficient (Wildman–Crippen LogP) is 14.0. The van der Waals surface area contributed by atoms with Gasteiger partial charge in [0.2, 0.25) is 47.4 Å². The summed E-state index contributed by atoms with van der Waals surface area (Å²) in [5, 5.41) is 52.1. The van der Waals surface area contributed by atoms with Crippen molar-refractivity contribution in [1.29, 1.82) is 0 Å². The third-order valence-corrected chi connectivity index (χ3v) is 28.6. The maximum absolute atomic E-state index is 13.2. The lowest BCUT2D eigenvalue weighted by Crippen LogP contribution is -2.46. The average Bonchev–Trinajstić information content (AvgIpc) is 1.63. The molecule has 11 N–H and O–H groups in total. The molecule has 40 nitrogen and oxygen atoms in total. The second kappa shape index (κ2) is 48.1. The molecule has 0 radical (unpaired) electrons. The first-order valence-electron chi connectivity index (χ1n) is 51.5. The number of aliphatic hydroxyl groups is 3. The van der Waals surface area contributed by atoms with Crippen molar-refractivity contribution in [2.45, 2.75) is 241 Å². The molecule has 800 valence electrons. The monoisotopic (exact) mass is 2040 g/mol. The summed E-state index contributed by atoms with van der Waals surface area (Å²) in [6.07, 6.45) is 24.8. The predicted molar refractivity (Wildman–Crippen MR) is 575 cm³/mol. The molecule has 40 heteroatoms. The quantitative estimate of drug-likeness (QED) is 0.0180. The summed E-state index contributed by atoms with van der Waals surface area (Å²) in [7, 11) is 13.3. The van der Waals surface area contributed by atoms with Crippen molar-refractivity contribution in [1.82, 2.24) is 61.1 Å². The van der Waals surface area contributed by atoms with E-state index in [0.29, 0.717) is 178 Å². The van der Waals surface area contributed by atoms with Crippen molar-refractivity contribution in [3.63, 3.8) is 0 Å². The highest BCUT2D eigenvalue weighted by Gasteiger charge is 2.47. The van der Waals surface area contributed by atoms with Crippen LogP contribution in [0.1, 0.15) is 241 Å². The van der Waals surface area contributed by atoms with Crippen LogP contribution in [0, 0.1) is 27.6 Å². The molecule has 8 heterocycles. The van der Waals surface area contributed by atoms with E-state index < -0.39 is 27.2 Å². The fourth-order valence-electron chi connectivity index (χ4n) is 20.3. The number of nitrogens with zero attached hydrogens (tertiary/aromatic N) is 16. The molecular weight excluding hydrogens is 1890 g/mol. The minimum atomic E-state index is -0.745. The molecule has 1 atom stereocenters. The van der Waals surface area contributed by atoms with Gasteiger partial charge in [-0.05, 0) is 213 Å². The van der Waals surface area contributed by atoms with E-state index in [1.54, 1.807) is 166 Å². The first kappa shape index (κ1) is 112. The second-order valence-electron chi connectivity index (χ2n) is 43.2. The number of amides is 8. The maximum Gasteiger partial charge on any atom is 0.251 e. The van der Waals surface area contributed by atoms with Crippen LogP contribution in [-0.4, -0.2) is 267 Å². The Labute approximate surface area is 868 Å². The number of aromatic nitrogens is 8. The SMILES string of the molecule is COc1cc(C(=O)NC(C)(C)CO)ccc1Nc1ncc2c(n1)N(C1CCCC1)CC(C)(C)C(=O)N2C.COc1cc(C(=O)NC(C)C)ccc1Nc1ncc2c(n1)N(C1CCCC1)CC(C)(C)C(=O)N2C.COc1cc(C(=O)NCCOCCO)ccc1Nc1ncc2c(n1)N(C1CCCC1)CC(C)(C)C(=O)N2C.COc1cc(C(=O)N[C@H](CO)C(C)C)ccc1Nc1ncc2c(n1)N(C1CCCC1)CC(C)(C)C(=O)N2C. The maximum atomic E-state index is 13.2. The molecule has 4 aliphatic heterocycles. The molecule has 4 saturated carbocycles. The Kier molecular flexibility index (Phi) is 36.3. The van der Waals surface area contributed by atoms with E-state index in [2.05, 4.69) is 82.1 Å². The Bertz CT molecular complexity index is 6050. The van der Waals surface area contributed by atoms with E-state index in [9.17, 15) is 48.6 Å². The van der Waals surface area contributed by atoms with Crippen LogP contribution in [0.2, 0.25) is 0 Å². The zero-order valence-corrected chi connectivity index (χ0v) is 90.0. The van der Waals surface area contributed by atoms with Gasteiger partial charge in [0.05, 0.1) is 142 Å². The Balaban J connectivity index is 0.000000165. The highest BCUT2D eigenvalue weighted by atomic mass is 16.5. The summed E-state index contributed by atoms with van der Waals surface area (Å²) in [5.41, 5.74) is 4.08. The normalized spacial score (nSPS) is 17.8. The zero-order chi connectivity index (χ0) is 107. The van der Waals surface area contributed by atoms with Gasteiger partial charge in [-0.15, -0.1) is 0 Å². The van der Waals surface area contributed by atoms with Crippen LogP contribution in [0.25, 0.3) is 0 Å². The molecule has 4 aromatic heterocycles. The number of anilines is 16. The second-order valence-corrected chi connectivity index (χ2v) is 43.2. The van der Waals surface area contributed by atoms with Gasteiger partial charge in [0.25, 0.3) is 23.6 Å². The standard InChI is InChI=1S/C28H40N6O4.C27H38N6O5.C27H38N6O4.C26H36N6O3/c1-17(2)21(15-35)30-25(36)18-11-12-20(23(13-18)38-6)31-27-29-14-22-24(32-27)34(19-9-7-8-10-19)16-28(3,4)26(37)33(22)5;1-27(2)17-33(19-7-5-6-8-19)23-21(32(3)25(27)36)16-29-26(31-23)30-20-10-9-18(15-22(20)37-4)24(35)28-11-13-38-14-12-34;1-26(2)15-33(18-9-7-8-10-18)22-20(32(5)24(26)36)14-28-25(30-22)29-19-12-11-17(13-21(19)37-6)23(35)31-27(3,4)16-34;1-16(2)28-23(33)17-11-12-19(21(13-17)35-6)29-25-27-14-20-22(30-25)32(18-9-7-8-10-18)15-26(3,4)24(34)31(20)5/h11-14,17,19,21,35H,7-10,15-16H2,1-6H3,(H,30,36)(H,29,31,32);9-10,15-16,19,34H,5-8,11-14,17H2,1-4H3,(H,28,35)(H,29,30,31);11-14,18,34H,7-10,15-16H2,1-6H3,(H,31,35)(H,28,29,30);11-14,16,18H,7-10,15H2,1-6H3,(H,28,33)(H,27,29,30)/t21-;;;/m1.../s1. The van der Waals surface area contributed by atoms with Gasteiger partial charge in [-0.2, -0.15) is 19.9 Å². The van der Waals surface area contributed by atoms with Gasteiger partial charge in [-0.3, -0.25) is 38.4 Å². The van der Waals surface area contributed by atoms with Crippen molar-refractivity contribution >= 4 is 140 Å². The third kappa shape index (κ3) is 26.2. The van der Waals surface area contributed by atoms with Crippen LogP contribution in [0.3, 0.4) is 0 Å². The molecule has 4 fully saturated rings. The number of methoxy groups -OCH3 is 4. The van der Waals surface area contributed by atoms with Crippen LogP contribution in [0.15, 0.2) is 97.6 Å². The number of benzene rings is 4. The van der Waals surface area contributed by atoms with Crippen molar-refractivity contribution < 1.29 is 77.4 Å². The van der Waals surface area contributed by atoms with Gasteiger partial charge in [-0.25, -0.2) is 19.9 Å². The minimum absolute atomic E-state index is 0.0390. The van der Waals surface area contributed by atoms with Crippen LogP contribution < -0.4 is 101 Å². The summed E-state index contributed by atoms with van der Waals surface area (Å²) in [6.45, 7) is 30.0. The van der Waals surface area contributed by atoms with Gasteiger partial charge in [0, 0.05) is 113 Å². The van der Waals surface area contributed by atoms with Gasteiger partial charge >= 0.3 is 0 Å². The lowest BCUT2D eigenvalue weighted by Gasteiger charge is -2.34. The number of rotatable bonds is 31. The summed E-state index contributed by atoms with van der Waals surface area (Å²) in [4.78, 5) is 157. The van der Waals surface area contributed by atoms with Crippen molar-refractivity contribution in [3.8, 4) is 23.0 Å². The number of ether oxygens (including phenoxy) is 5. The van der Waals surface area contributed by atoms with Gasteiger partial charge in [0.15, 0.2) is 23.3 Å². The zero-order valence-electron chi connectivity index (χ0n) is 90.0. The van der Waals surface area contributed by atoms with E-state index in [-0.39, 0.29) is 91.7 Å². The summed E-state index contributed by atoms with van der Waals surface area (Å²) < 4.78 is 27.4. The largest absolute Gasteiger partial charge is 0.495 e. The van der Waals surface area contributed by atoms with Crippen LogP contribution in [0.5, 0.6) is 23.0 Å². The number of hydrogen-bond donors (Lipinski definition) is 11. The van der Waals surface area contributed by atoms with Crippen LogP contribution >= 0.6 is 0 Å². The lowest BCUT2D eigenvalue weighted by atomic mass is 9.91. The fraction of sp³-hybridized carbons (Fsp3) is 0.556. The molecule has 8 aliphatic rings. The molecule has 0 spiro atoms. The highest BCUT2D eigenvalue weighted by Crippen LogP contribution is 2.48. The number of carbonyl (C=O) groups is 8. The number of aliphatic hydroxyl groups excluding tert-OH is 3. The van der Waals surface area contributed by atoms with Gasteiger partial charge in [-0.1, -0.05) is 65.2 Å². The van der Waals surface area contributed by atoms with Gasteiger partial charge < -0.3 is 121 Å². The van der Waals surface area contributed by atoms with Crippen molar-refractivity contribution in [2.24, 2.45) is 27.6 Å². The molecule has 4 aromatic carbocycles. The van der Waals surface area contributed by atoms with Crippen molar-refractivity contribution in [3.05, 3.63) is 120 Å². The molecule has 0 saturated heterocycles. The molecule has 4 aliphatic carbocycles. The number of carbonyl (C=O) groups excluding carboxylic acids is 8. The van der Waals surface area contributed by atoms with E-state index in [0.717, 1.165) is 74.6 Å². The van der Waals surface area contributed by atoms with Crippen LogP contribution in [0.4, 0.5) is 92.6 Å². The first-order valence-corrected chi connectivity index (χ1v) is 51.5. The molecule has 8 aromatic rings. The highest BCUT2D eigenvalue weighted by molar-refractivity contribution is 6.05. The lowest BCUT2D eigenvalue weighted by molar-refractivity contribution is -0.126.